The Hall–Kier alpha value is -3.09. The van der Waals surface area contributed by atoms with Gasteiger partial charge in [0.25, 0.3) is 0 Å². The zero-order valence-electron chi connectivity index (χ0n) is 18.8. The van der Waals surface area contributed by atoms with Gasteiger partial charge in [-0.15, -0.1) is 0 Å². The van der Waals surface area contributed by atoms with Gasteiger partial charge in [-0.1, -0.05) is 56.5 Å². The molecule has 0 aliphatic heterocycles. The second-order valence-corrected chi connectivity index (χ2v) is 8.57. The highest BCUT2D eigenvalue weighted by Gasteiger charge is 2.35. The number of nitrogens with zero attached hydrogens (tertiary/aromatic N) is 2. The lowest BCUT2D eigenvalue weighted by Crippen LogP contribution is -2.13. The summed E-state index contributed by atoms with van der Waals surface area (Å²) in [4.78, 5) is 8.15. The zero-order valence-corrected chi connectivity index (χ0v) is 18.8. The fourth-order valence-electron chi connectivity index (χ4n) is 4.34. The summed E-state index contributed by atoms with van der Waals surface area (Å²) in [7, 11) is 0. The van der Waals surface area contributed by atoms with Crippen molar-refractivity contribution in [3.8, 4) is 0 Å². The van der Waals surface area contributed by atoms with Crippen molar-refractivity contribution in [2.75, 3.05) is 10.6 Å². The molecule has 1 aliphatic rings. The number of alkyl halides is 3. The van der Waals surface area contributed by atoms with Crippen molar-refractivity contribution in [2.24, 2.45) is 0 Å². The van der Waals surface area contributed by atoms with Crippen molar-refractivity contribution in [1.82, 2.24) is 9.97 Å². The summed E-state index contributed by atoms with van der Waals surface area (Å²) in [6.07, 6.45) is 3.91. The Morgan fingerprint density at radius 1 is 0.970 bits per heavy atom. The van der Waals surface area contributed by atoms with Gasteiger partial charge < -0.3 is 10.6 Å². The first-order valence-electron chi connectivity index (χ1n) is 11.6. The van der Waals surface area contributed by atoms with Gasteiger partial charge in [0.2, 0.25) is 5.95 Å². The van der Waals surface area contributed by atoms with Crippen molar-refractivity contribution in [3.63, 3.8) is 0 Å². The van der Waals surface area contributed by atoms with E-state index in [2.05, 4.69) is 27.5 Å². The Morgan fingerprint density at radius 3 is 2.39 bits per heavy atom. The van der Waals surface area contributed by atoms with E-state index in [1.54, 1.807) is 0 Å². The topological polar surface area (TPSA) is 49.8 Å². The fraction of sp³-hybridized carbons (Fsp3) is 0.385. The second-order valence-electron chi connectivity index (χ2n) is 8.57. The maximum absolute atomic E-state index is 13.7. The van der Waals surface area contributed by atoms with Crippen LogP contribution >= 0.6 is 0 Å². The number of nitrogens with one attached hydrogen (secondary N) is 2. The number of rotatable bonds is 8. The molecule has 0 saturated heterocycles. The molecule has 7 heteroatoms. The minimum Gasteiger partial charge on any atom is -0.339 e. The predicted octanol–water partition coefficient (Wildman–Crippen LogP) is 7.98. The van der Waals surface area contributed by atoms with Crippen LogP contribution in [-0.2, 0) is 12.6 Å². The van der Waals surface area contributed by atoms with Crippen LogP contribution in [0.4, 0.5) is 36.3 Å². The van der Waals surface area contributed by atoms with Crippen LogP contribution in [0.5, 0.6) is 0 Å². The van der Waals surface area contributed by atoms with Gasteiger partial charge in [0.15, 0.2) is 0 Å². The molecule has 1 aromatic heterocycles. The lowest BCUT2D eigenvalue weighted by atomic mass is 9.96. The second kappa shape index (κ2) is 10.2. The van der Waals surface area contributed by atoms with Crippen molar-refractivity contribution < 1.29 is 13.2 Å². The van der Waals surface area contributed by atoms with Gasteiger partial charge in [0.05, 0.1) is 0 Å². The standard InChI is InChI=1S/C26H29F3N4/c1-2-3-8-18-13-15-20(16-14-18)31-25-30-17-22(26(27,28)29)24(33-25)32-23-12-7-6-11-21(23)19-9-4-5-10-19/h6-7,11-17,19H,2-5,8-10H2,1H3,(H2,30,31,32,33). The quantitative estimate of drug-likeness (QED) is 0.362. The zero-order chi connectivity index (χ0) is 23.3. The van der Waals surface area contributed by atoms with Gasteiger partial charge in [-0.2, -0.15) is 18.2 Å². The highest BCUT2D eigenvalue weighted by molar-refractivity contribution is 5.66. The molecule has 0 amide bonds. The van der Waals surface area contributed by atoms with Crippen molar-refractivity contribution in [3.05, 3.63) is 71.4 Å². The van der Waals surface area contributed by atoms with Crippen LogP contribution < -0.4 is 10.6 Å². The maximum Gasteiger partial charge on any atom is 0.421 e. The number of para-hydroxylation sites is 1. The minimum atomic E-state index is -4.57. The molecule has 0 atom stereocenters. The molecule has 4 rings (SSSR count). The average molecular weight is 455 g/mol. The van der Waals surface area contributed by atoms with Gasteiger partial charge in [0, 0.05) is 17.6 Å². The van der Waals surface area contributed by atoms with E-state index in [0.717, 1.165) is 62.4 Å². The highest BCUT2D eigenvalue weighted by Crippen LogP contribution is 2.40. The van der Waals surface area contributed by atoms with E-state index in [1.165, 1.54) is 5.56 Å². The molecule has 1 heterocycles. The molecule has 2 aromatic carbocycles. The van der Waals surface area contributed by atoms with E-state index in [4.69, 9.17) is 0 Å². The van der Waals surface area contributed by atoms with Crippen LogP contribution in [0, 0.1) is 0 Å². The van der Waals surface area contributed by atoms with Crippen LogP contribution in [0.1, 0.15) is 68.1 Å². The van der Waals surface area contributed by atoms with E-state index < -0.39 is 11.7 Å². The lowest BCUT2D eigenvalue weighted by Gasteiger charge is -2.19. The third-order valence-corrected chi connectivity index (χ3v) is 6.13. The molecule has 3 aromatic rings. The molecule has 1 aliphatic carbocycles. The lowest BCUT2D eigenvalue weighted by molar-refractivity contribution is -0.137. The molecule has 0 spiro atoms. The fourth-order valence-corrected chi connectivity index (χ4v) is 4.34. The van der Waals surface area contributed by atoms with Crippen LogP contribution in [0.2, 0.25) is 0 Å². The Labute approximate surface area is 192 Å². The number of anilines is 4. The third kappa shape index (κ3) is 5.83. The smallest absolute Gasteiger partial charge is 0.339 e. The van der Waals surface area contributed by atoms with E-state index in [1.807, 2.05) is 48.5 Å². The number of aryl methyl sites for hydroxylation is 1. The van der Waals surface area contributed by atoms with Crippen molar-refractivity contribution in [2.45, 2.75) is 64.0 Å². The van der Waals surface area contributed by atoms with Gasteiger partial charge >= 0.3 is 6.18 Å². The van der Waals surface area contributed by atoms with Crippen molar-refractivity contribution >= 4 is 23.1 Å². The molecule has 33 heavy (non-hydrogen) atoms. The summed E-state index contributed by atoms with van der Waals surface area (Å²) in [6.45, 7) is 2.15. The summed E-state index contributed by atoms with van der Waals surface area (Å²) in [5.74, 6) is 0.226. The van der Waals surface area contributed by atoms with Gasteiger partial charge in [0.1, 0.15) is 11.4 Å². The molecular weight excluding hydrogens is 425 g/mol. The van der Waals surface area contributed by atoms with Crippen LogP contribution in [0.3, 0.4) is 0 Å². The Morgan fingerprint density at radius 2 is 1.70 bits per heavy atom. The molecule has 0 radical (unpaired) electrons. The molecule has 1 saturated carbocycles. The Balaban J connectivity index is 1.60. The summed E-state index contributed by atoms with van der Waals surface area (Å²) in [5, 5.41) is 6.00. The normalized spacial score (nSPS) is 14.4. The van der Waals surface area contributed by atoms with Crippen LogP contribution in [0.25, 0.3) is 0 Å². The number of unbranched alkanes of at least 4 members (excludes halogenated alkanes) is 1. The van der Waals surface area contributed by atoms with Gasteiger partial charge in [-0.05, 0) is 60.9 Å². The SMILES string of the molecule is CCCCc1ccc(Nc2ncc(C(F)(F)F)c(Nc3ccccc3C3CCCC3)n2)cc1. The number of aromatic nitrogens is 2. The maximum atomic E-state index is 13.7. The summed E-state index contributed by atoms with van der Waals surface area (Å²) < 4.78 is 41.2. The van der Waals surface area contributed by atoms with E-state index in [9.17, 15) is 13.2 Å². The first-order chi connectivity index (χ1) is 15.9. The first-order valence-corrected chi connectivity index (χ1v) is 11.6. The van der Waals surface area contributed by atoms with Crippen molar-refractivity contribution in [1.29, 1.82) is 0 Å². The Kier molecular flexibility index (Phi) is 7.16. The molecule has 2 N–H and O–H groups in total. The Bertz CT molecular complexity index is 1060. The van der Waals surface area contributed by atoms with E-state index in [0.29, 0.717) is 11.6 Å². The monoisotopic (exact) mass is 454 g/mol. The predicted molar refractivity (Wildman–Crippen MR) is 126 cm³/mol. The largest absolute Gasteiger partial charge is 0.421 e. The molecule has 0 bridgehead atoms. The highest BCUT2D eigenvalue weighted by atomic mass is 19.4. The summed E-state index contributed by atoms with van der Waals surface area (Å²) in [6, 6.07) is 15.4. The number of hydrogen-bond acceptors (Lipinski definition) is 4. The first kappa shape index (κ1) is 23.1. The number of hydrogen-bond donors (Lipinski definition) is 2. The van der Waals surface area contributed by atoms with E-state index >= 15 is 0 Å². The van der Waals surface area contributed by atoms with Gasteiger partial charge in [-0.25, -0.2) is 4.98 Å². The molecule has 174 valence electrons. The molecule has 4 nitrogen and oxygen atoms in total. The van der Waals surface area contributed by atoms with E-state index in [-0.39, 0.29) is 11.8 Å². The summed E-state index contributed by atoms with van der Waals surface area (Å²) >= 11 is 0. The molecular formula is C26H29F3N4. The van der Waals surface area contributed by atoms with Crippen LogP contribution in [-0.4, -0.2) is 9.97 Å². The average Bonchev–Trinajstić information content (AvgIpc) is 3.33. The van der Waals surface area contributed by atoms with Gasteiger partial charge in [-0.3, -0.25) is 0 Å². The number of halogens is 3. The molecule has 1 fully saturated rings. The molecule has 0 unspecified atom stereocenters. The minimum absolute atomic E-state index is 0.116. The summed E-state index contributed by atoms with van der Waals surface area (Å²) in [5.41, 5.74) is 2.77. The van der Waals surface area contributed by atoms with Crippen LogP contribution in [0.15, 0.2) is 54.7 Å². The third-order valence-electron chi connectivity index (χ3n) is 6.13. The number of benzene rings is 2.